The number of carbonyl (C=O) groups excluding carboxylic acids is 4. The van der Waals surface area contributed by atoms with Gasteiger partial charge in [0.15, 0.2) is 5.12 Å². The summed E-state index contributed by atoms with van der Waals surface area (Å²) in [6, 6.07) is 15.4. The third kappa shape index (κ3) is 9.29. The normalized spacial score (nSPS) is 23.0. The average Bonchev–Trinajstić information content (AvgIpc) is 4.00. The van der Waals surface area contributed by atoms with Gasteiger partial charge in [-0.25, -0.2) is 11.1 Å². The molecule has 3 aliphatic heterocycles. The largest absolute Gasteiger partial charge is 0.453 e. The van der Waals surface area contributed by atoms with Gasteiger partial charge in [-0.2, -0.15) is 8.78 Å². The van der Waals surface area contributed by atoms with E-state index in [9.17, 15) is 23.7 Å². The highest BCUT2D eigenvalue weighted by atomic mass is 32.2. The lowest BCUT2D eigenvalue weighted by Gasteiger charge is -2.36. The molecule has 1 N–H and O–H groups in total. The average molecular weight is 878 g/mol. The second-order valence-electron chi connectivity index (χ2n) is 15.2. The van der Waals surface area contributed by atoms with Crippen LogP contribution in [-0.2, 0) is 29.1 Å². The van der Waals surface area contributed by atoms with Crippen molar-refractivity contribution in [3.8, 4) is 5.75 Å². The molecule has 3 saturated heterocycles. The van der Waals surface area contributed by atoms with Gasteiger partial charge in [0.2, 0.25) is 17.9 Å². The molecule has 6 atom stereocenters. The van der Waals surface area contributed by atoms with Crippen LogP contribution in [0.3, 0.4) is 0 Å². The molecule has 3 aliphatic rings. The van der Waals surface area contributed by atoms with Crippen LogP contribution in [0.2, 0.25) is 0 Å². The summed E-state index contributed by atoms with van der Waals surface area (Å²) >= 11 is 1.96. The monoisotopic (exact) mass is 877 g/mol. The Labute approximate surface area is 355 Å². The van der Waals surface area contributed by atoms with Gasteiger partial charge >= 0.3 is 13.3 Å². The lowest BCUT2D eigenvalue weighted by Crippen LogP contribution is -2.56. The van der Waals surface area contributed by atoms with E-state index in [1.807, 2.05) is 37.3 Å². The number of fused-ring (bicyclic) bond motifs is 2. The van der Waals surface area contributed by atoms with Crippen LogP contribution in [0.15, 0.2) is 79.1 Å². The molecule has 12 nitrogen and oxygen atoms in total. The van der Waals surface area contributed by atoms with Crippen LogP contribution in [0.1, 0.15) is 85.0 Å². The molecule has 0 spiro atoms. The maximum atomic E-state index is 16.4. The Bertz CT molecular complexity index is 2290. The van der Waals surface area contributed by atoms with Gasteiger partial charge < -0.3 is 24.5 Å². The summed E-state index contributed by atoms with van der Waals surface area (Å²) in [6.45, 7) is 9.89. The first-order valence-corrected chi connectivity index (χ1v) is 23.5. The molecule has 2 aromatic heterocycles. The Morgan fingerprint density at radius 2 is 1.85 bits per heavy atom. The number of carbonyl (C=O) groups is 4. The van der Waals surface area contributed by atoms with Crippen molar-refractivity contribution in [2.45, 2.75) is 94.0 Å². The number of pyridine rings is 1. The minimum atomic E-state index is -5.28. The van der Waals surface area contributed by atoms with Crippen LogP contribution in [-0.4, -0.2) is 87.2 Å². The smallest absolute Gasteiger partial charge is 0.419 e. The van der Waals surface area contributed by atoms with E-state index in [2.05, 4.69) is 15.1 Å². The second kappa shape index (κ2) is 18.9. The summed E-state index contributed by atoms with van der Waals surface area (Å²) in [5.41, 5.74) is -3.82. The van der Waals surface area contributed by atoms with E-state index >= 15 is 8.78 Å². The predicted molar refractivity (Wildman–Crippen MR) is 226 cm³/mol. The first-order chi connectivity index (χ1) is 28.9. The number of aromatic nitrogens is 1. The van der Waals surface area contributed by atoms with Crippen LogP contribution in [0, 0.1) is 6.57 Å². The molecule has 17 heteroatoms. The summed E-state index contributed by atoms with van der Waals surface area (Å²) in [7, 11) is -5.28. The van der Waals surface area contributed by atoms with Gasteiger partial charge in [-0.3, -0.25) is 28.7 Å². The fraction of sp³-hybridized carbons (Fsp3) is 0.442. The van der Waals surface area contributed by atoms with Gasteiger partial charge in [0.05, 0.1) is 30.1 Å². The Morgan fingerprint density at radius 3 is 2.60 bits per heavy atom. The quantitative estimate of drug-likeness (QED) is 0.0749. The molecule has 0 saturated carbocycles. The number of likely N-dealkylation sites (tertiary alicyclic amines) is 1. The van der Waals surface area contributed by atoms with E-state index in [4.69, 9.17) is 15.6 Å². The van der Waals surface area contributed by atoms with Gasteiger partial charge in [-0.1, -0.05) is 67.9 Å². The molecule has 3 amide bonds. The zero-order chi connectivity index (χ0) is 42.4. The second-order valence-corrected chi connectivity index (χ2v) is 19.5. The predicted octanol–water partition coefficient (Wildman–Crippen LogP) is 8.64. The highest BCUT2D eigenvalue weighted by molar-refractivity contribution is 8.13. The van der Waals surface area contributed by atoms with Gasteiger partial charge in [0.25, 0.3) is 5.91 Å². The summed E-state index contributed by atoms with van der Waals surface area (Å²) in [4.78, 5) is 65.5. The summed E-state index contributed by atoms with van der Waals surface area (Å²) in [5.74, 6) is -1.39. The van der Waals surface area contributed by atoms with Gasteiger partial charge in [0.1, 0.15) is 17.8 Å². The third-order valence-electron chi connectivity index (χ3n) is 11.3. The third-order valence-corrected chi connectivity index (χ3v) is 15.2. The van der Waals surface area contributed by atoms with E-state index < -0.39 is 43.4 Å². The van der Waals surface area contributed by atoms with Gasteiger partial charge in [-0.05, 0) is 73.4 Å². The Balaban J connectivity index is 1.06. The fourth-order valence-corrected chi connectivity index (χ4v) is 11.6. The summed E-state index contributed by atoms with van der Waals surface area (Å²) in [5, 5.41) is 3.04. The lowest BCUT2D eigenvalue weighted by atomic mass is 9.95. The van der Waals surface area contributed by atoms with Gasteiger partial charge in [0, 0.05) is 41.2 Å². The van der Waals surface area contributed by atoms with E-state index in [0.29, 0.717) is 49.8 Å². The molecule has 3 fully saturated rings. The number of hydrogen-bond donors (Lipinski definition) is 1. The molecule has 7 rings (SSSR count). The van der Waals surface area contributed by atoms with Crippen LogP contribution < -0.4 is 9.84 Å². The topological polar surface area (TPSA) is 140 Å². The molecule has 60 heavy (non-hydrogen) atoms. The minimum absolute atomic E-state index is 0.00641. The maximum Gasteiger partial charge on any atom is 0.453 e. The molecule has 316 valence electrons. The first-order valence-electron chi connectivity index (χ1n) is 20.2. The van der Waals surface area contributed by atoms with Crippen molar-refractivity contribution in [1.29, 1.82) is 0 Å². The molecular weight excluding hydrogens is 832 g/mol. The number of halogens is 2. The number of nitrogens with one attached hydrogen (secondary N) is 1. The van der Waals surface area contributed by atoms with Crippen LogP contribution >= 0.6 is 30.7 Å². The van der Waals surface area contributed by atoms with Crippen molar-refractivity contribution >= 4 is 63.6 Å². The maximum absolute atomic E-state index is 16.4. The standard InChI is InChI=1S/C43H46F2N5O7PS2/c1-3-10-39(51)59-22-21-56-58(55,57-32-14-9-20-47-25-32)43(44,45)30-16-19-37-29(23-30)24-38(60-37)40(52)48-34-15-8-7-13-31-17-18-36(50(31)41(34)53)42(54)49-26-33(35(27-49)46-2)28-11-5-4-6-12-28/h4-6,9,11-12,14,16,19-20,23-25,31,33-36H,3,7-8,10,13,15,17-18,21-22,26-27H2,1H3,(H,48,52)/t31-,33+,34-,35-,36-,58?/m0/s1. The fourth-order valence-electron chi connectivity index (χ4n) is 8.27. The molecular formula is C43H46F2N5O7PS2. The zero-order valence-corrected chi connectivity index (χ0v) is 35.6. The van der Waals surface area contributed by atoms with Crippen molar-refractivity contribution in [3.63, 3.8) is 0 Å². The van der Waals surface area contributed by atoms with Crippen LogP contribution in [0.5, 0.6) is 5.75 Å². The van der Waals surface area contributed by atoms with Crippen molar-refractivity contribution in [2.24, 2.45) is 0 Å². The van der Waals surface area contributed by atoms with Crippen molar-refractivity contribution in [3.05, 3.63) is 107 Å². The number of hydrogen-bond acceptors (Lipinski definition) is 10. The molecule has 0 bridgehead atoms. The van der Waals surface area contributed by atoms with Crippen LogP contribution in [0.25, 0.3) is 14.9 Å². The lowest BCUT2D eigenvalue weighted by molar-refractivity contribution is -0.146. The van der Waals surface area contributed by atoms with Gasteiger partial charge in [-0.15, -0.1) is 11.3 Å². The SMILES string of the molecule is [C-]#[N+][C@H]1CN(C(=O)[C@@H]2CC[C@@H]3CCCC[C@H](NC(=O)c4cc5cc(C(F)(F)P(=O)(OCCSC(=O)CCC)Oc6cccnc6)ccc5s4)C(=O)N32)C[C@@H]1c1ccccc1. The summed E-state index contributed by atoms with van der Waals surface area (Å²) < 4.78 is 57.9. The first kappa shape index (κ1) is 43.4. The number of thioether (sulfide) groups is 1. The molecule has 2 aromatic carbocycles. The Morgan fingerprint density at radius 1 is 1.05 bits per heavy atom. The van der Waals surface area contributed by atoms with E-state index in [1.54, 1.807) is 9.80 Å². The van der Waals surface area contributed by atoms with Crippen molar-refractivity contribution < 1.29 is 41.6 Å². The number of benzene rings is 2. The number of nitrogens with zero attached hydrogens (tertiary/aromatic N) is 4. The van der Waals surface area contributed by atoms with Crippen molar-refractivity contribution in [1.82, 2.24) is 20.1 Å². The highest BCUT2D eigenvalue weighted by Crippen LogP contribution is 2.66. The Hall–Kier alpha value is -4.68. The minimum Gasteiger partial charge on any atom is -0.419 e. The van der Waals surface area contributed by atoms with E-state index in [1.165, 1.54) is 30.5 Å². The van der Waals surface area contributed by atoms with Crippen molar-refractivity contribution in [2.75, 3.05) is 25.4 Å². The number of thiophene rings is 1. The molecule has 4 aromatic rings. The highest BCUT2D eigenvalue weighted by Gasteiger charge is 2.57. The van der Waals surface area contributed by atoms with E-state index in [0.717, 1.165) is 59.8 Å². The number of alkyl halides is 2. The molecule has 5 heterocycles. The zero-order valence-electron chi connectivity index (χ0n) is 33.0. The van der Waals surface area contributed by atoms with Crippen LogP contribution in [0.4, 0.5) is 8.78 Å². The molecule has 1 unspecified atom stereocenters. The molecule has 0 radical (unpaired) electrons. The molecule has 0 aliphatic carbocycles. The van der Waals surface area contributed by atoms with E-state index in [-0.39, 0.29) is 63.2 Å². The summed E-state index contributed by atoms with van der Waals surface area (Å²) in [6.07, 6.45) is 7.27. The number of rotatable bonds is 14. The number of amides is 3. The Kier molecular flexibility index (Phi) is 13.7.